The highest BCUT2D eigenvalue weighted by Crippen LogP contribution is 2.12. The van der Waals surface area contributed by atoms with E-state index in [0.717, 1.165) is 5.56 Å². The summed E-state index contributed by atoms with van der Waals surface area (Å²) in [5.41, 5.74) is 1.01. The standard InChI is InChI=1S/C13H13ClO2/c1-3-10(2)16-13(15)8-7-11-5-4-6-12(14)9-11/h1,4-6,9-10H,7-8H2,2H3. The van der Waals surface area contributed by atoms with Gasteiger partial charge in [0, 0.05) is 11.4 Å². The number of rotatable bonds is 4. The van der Waals surface area contributed by atoms with E-state index in [4.69, 9.17) is 22.8 Å². The van der Waals surface area contributed by atoms with Gasteiger partial charge < -0.3 is 4.74 Å². The molecule has 0 aliphatic carbocycles. The molecule has 84 valence electrons. The van der Waals surface area contributed by atoms with E-state index in [2.05, 4.69) is 5.92 Å². The second kappa shape index (κ2) is 6.19. The Morgan fingerprint density at radius 2 is 2.38 bits per heavy atom. The maximum absolute atomic E-state index is 11.3. The van der Waals surface area contributed by atoms with Gasteiger partial charge in [-0.25, -0.2) is 0 Å². The third-order valence-electron chi connectivity index (χ3n) is 2.05. The Kier molecular flexibility index (Phi) is 4.88. The Labute approximate surface area is 101 Å². The fraction of sp³-hybridized carbons (Fsp3) is 0.308. The first-order chi connectivity index (χ1) is 7.61. The van der Waals surface area contributed by atoms with Crippen LogP contribution < -0.4 is 0 Å². The molecule has 2 nitrogen and oxygen atoms in total. The van der Waals surface area contributed by atoms with Crippen LogP contribution in [0.2, 0.25) is 5.02 Å². The van der Waals surface area contributed by atoms with Crippen LogP contribution in [-0.4, -0.2) is 12.1 Å². The van der Waals surface area contributed by atoms with Crippen LogP contribution >= 0.6 is 11.6 Å². The molecule has 0 aromatic heterocycles. The summed E-state index contributed by atoms with van der Waals surface area (Å²) in [5.74, 6) is 2.05. The van der Waals surface area contributed by atoms with Crippen molar-refractivity contribution in [2.75, 3.05) is 0 Å². The number of terminal acetylenes is 1. The Morgan fingerprint density at radius 3 is 3.00 bits per heavy atom. The molecule has 1 unspecified atom stereocenters. The number of ether oxygens (including phenoxy) is 1. The highest BCUT2D eigenvalue weighted by molar-refractivity contribution is 6.30. The van der Waals surface area contributed by atoms with Crippen LogP contribution in [0.3, 0.4) is 0 Å². The molecule has 1 rings (SSSR count). The normalized spacial score (nSPS) is 11.6. The molecule has 0 amide bonds. The summed E-state index contributed by atoms with van der Waals surface area (Å²) >= 11 is 5.82. The van der Waals surface area contributed by atoms with Crippen LogP contribution in [0.4, 0.5) is 0 Å². The number of esters is 1. The van der Waals surface area contributed by atoms with Crippen LogP contribution in [0.1, 0.15) is 18.9 Å². The zero-order valence-electron chi connectivity index (χ0n) is 9.07. The Hall–Kier alpha value is -1.46. The van der Waals surface area contributed by atoms with Gasteiger partial charge in [0.2, 0.25) is 0 Å². The number of benzene rings is 1. The molecular formula is C13H13ClO2. The minimum Gasteiger partial charge on any atom is -0.449 e. The van der Waals surface area contributed by atoms with Gasteiger partial charge in [0.1, 0.15) is 0 Å². The predicted molar refractivity (Wildman–Crippen MR) is 64.2 cm³/mol. The molecular weight excluding hydrogens is 224 g/mol. The second-order valence-corrected chi connectivity index (χ2v) is 3.87. The van der Waals surface area contributed by atoms with E-state index in [1.165, 1.54) is 0 Å². The summed E-state index contributed by atoms with van der Waals surface area (Å²) in [6.07, 6.45) is 5.56. The highest BCUT2D eigenvalue weighted by Gasteiger charge is 2.07. The number of carbonyl (C=O) groups is 1. The van der Waals surface area contributed by atoms with Gasteiger partial charge in [-0.15, -0.1) is 6.42 Å². The number of aryl methyl sites for hydroxylation is 1. The maximum Gasteiger partial charge on any atom is 0.307 e. The van der Waals surface area contributed by atoms with E-state index >= 15 is 0 Å². The Bertz CT molecular complexity index is 407. The van der Waals surface area contributed by atoms with Crippen molar-refractivity contribution in [3.63, 3.8) is 0 Å². The molecule has 0 aliphatic heterocycles. The summed E-state index contributed by atoms with van der Waals surface area (Å²) in [5, 5.41) is 0.669. The average Bonchev–Trinajstić information content (AvgIpc) is 2.26. The first-order valence-corrected chi connectivity index (χ1v) is 5.39. The molecule has 1 aromatic rings. The van der Waals surface area contributed by atoms with Gasteiger partial charge >= 0.3 is 5.97 Å². The van der Waals surface area contributed by atoms with Gasteiger partial charge in [-0.2, -0.15) is 0 Å². The number of hydrogen-bond acceptors (Lipinski definition) is 2. The minimum atomic E-state index is -0.466. The molecule has 1 aromatic carbocycles. The van der Waals surface area contributed by atoms with E-state index in [1.807, 2.05) is 18.2 Å². The third-order valence-corrected chi connectivity index (χ3v) is 2.28. The lowest BCUT2D eigenvalue weighted by Crippen LogP contribution is -2.13. The van der Waals surface area contributed by atoms with E-state index in [1.54, 1.807) is 13.0 Å². The molecule has 1 atom stereocenters. The van der Waals surface area contributed by atoms with Crippen molar-refractivity contribution in [2.45, 2.75) is 25.9 Å². The van der Waals surface area contributed by atoms with E-state index in [0.29, 0.717) is 17.9 Å². The monoisotopic (exact) mass is 236 g/mol. The molecule has 0 N–H and O–H groups in total. The zero-order valence-corrected chi connectivity index (χ0v) is 9.83. The summed E-state index contributed by atoms with van der Waals surface area (Å²) in [7, 11) is 0. The van der Waals surface area contributed by atoms with E-state index < -0.39 is 6.10 Å². The fourth-order valence-corrected chi connectivity index (χ4v) is 1.44. The van der Waals surface area contributed by atoms with Crippen LogP contribution in [0, 0.1) is 12.3 Å². The van der Waals surface area contributed by atoms with Gasteiger partial charge in [-0.3, -0.25) is 4.79 Å². The van der Waals surface area contributed by atoms with Crippen molar-refractivity contribution in [1.82, 2.24) is 0 Å². The molecule has 0 spiro atoms. The third kappa shape index (κ3) is 4.37. The van der Waals surface area contributed by atoms with Crippen LogP contribution in [-0.2, 0) is 16.0 Å². The quantitative estimate of drug-likeness (QED) is 0.594. The Balaban J connectivity index is 2.41. The van der Waals surface area contributed by atoms with Crippen molar-refractivity contribution in [3.8, 4) is 12.3 Å². The van der Waals surface area contributed by atoms with Crippen molar-refractivity contribution >= 4 is 17.6 Å². The summed E-state index contributed by atoms with van der Waals surface area (Å²) in [6, 6.07) is 7.40. The van der Waals surface area contributed by atoms with Crippen molar-refractivity contribution in [2.24, 2.45) is 0 Å². The number of halogens is 1. The minimum absolute atomic E-state index is 0.287. The van der Waals surface area contributed by atoms with Gasteiger partial charge in [0.15, 0.2) is 6.10 Å². The average molecular weight is 237 g/mol. The lowest BCUT2D eigenvalue weighted by molar-refractivity contribution is -0.145. The predicted octanol–water partition coefficient (Wildman–Crippen LogP) is 2.84. The van der Waals surface area contributed by atoms with Gasteiger partial charge in [-0.05, 0) is 31.0 Å². The Morgan fingerprint density at radius 1 is 1.62 bits per heavy atom. The first-order valence-electron chi connectivity index (χ1n) is 5.02. The fourth-order valence-electron chi connectivity index (χ4n) is 1.23. The summed E-state index contributed by atoms with van der Waals surface area (Å²) < 4.78 is 4.94. The van der Waals surface area contributed by atoms with E-state index in [9.17, 15) is 4.79 Å². The van der Waals surface area contributed by atoms with Crippen molar-refractivity contribution in [3.05, 3.63) is 34.9 Å². The lowest BCUT2D eigenvalue weighted by Gasteiger charge is -2.07. The molecule has 16 heavy (non-hydrogen) atoms. The van der Waals surface area contributed by atoms with Gasteiger partial charge in [0.25, 0.3) is 0 Å². The summed E-state index contributed by atoms with van der Waals surface area (Å²) in [6.45, 7) is 1.66. The molecule has 0 saturated heterocycles. The molecule has 0 bridgehead atoms. The smallest absolute Gasteiger partial charge is 0.307 e. The largest absolute Gasteiger partial charge is 0.449 e. The number of carbonyl (C=O) groups excluding carboxylic acids is 1. The van der Waals surface area contributed by atoms with E-state index in [-0.39, 0.29) is 5.97 Å². The van der Waals surface area contributed by atoms with Crippen LogP contribution in [0.5, 0.6) is 0 Å². The molecule has 3 heteroatoms. The molecule has 0 radical (unpaired) electrons. The first kappa shape index (κ1) is 12.6. The van der Waals surface area contributed by atoms with Gasteiger partial charge in [0.05, 0.1) is 0 Å². The summed E-state index contributed by atoms with van der Waals surface area (Å²) in [4.78, 5) is 11.3. The molecule has 0 saturated carbocycles. The second-order valence-electron chi connectivity index (χ2n) is 3.43. The zero-order chi connectivity index (χ0) is 12.0. The van der Waals surface area contributed by atoms with Crippen molar-refractivity contribution in [1.29, 1.82) is 0 Å². The SMILES string of the molecule is C#CC(C)OC(=O)CCc1cccc(Cl)c1. The topological polar surface area (TPSA) is 26.3 Å². The maximum atomic E-state index is 11.3. The number of hydrogen-bond donors (Lipinski definition) is 0. The van der Waals surface area contributed by atoms with Crippen LogP contribution in [0.25, 0.3) is 0 Å². The molecule has 0 heterocycles. The highest BCUT2D eigenvalue weighted by atomic mass is 35.5. The van der Waals surface area contributed by atoms with Crippen LogP contribution in [0.15, 0.2) is 24.3 Å². The van der Waals surface area contributed by atoms with Gasteiger partial charge in [-0.1, -0.05) is 29.7 Å². The lowest BCUT2D eigenvalue weighted by atomic mass is 10.1. The molecule has 0 aliphatic rings. The van der Waals surface area contributed by atoms with Crippen molar-refractivity contribution < 1.29 is 9.53 Å². The molecule has 0 fully saturated rings.